The minimum atomic E-state index is -3.50. The lowest BCUT2D eigenvalue weighted by Crippen LogP contribution is -2.49. The van der Waals surface area contributed by atoms with Crippen LogP contribution >= 0.6 is 0 Å². The van der Waals surface area contributed by atoms with Crippen LogP contribution < -0.4 is 0 Å². The molecule has 1 unspecified atom stereocenters. The van der Waals surface area contributed by atoms with Crippen LogP contribution in [0, 0.1) is 12.8 Å². The molecule has 1 saturated heterocycles. The molecule has 1 atom stereocenters. The maximum absolute atomic E-state index is 13.5. The van der Waals surface area contributed by atoms with Crippen LogP contribution in [0.5, 0.6) is 0 Å². The SMILES string of the molecule is CCCN(C(=O)C1CCN(S(=O)(=O)c2ccc(C)cc2)CC1)C1CCc2ccccc2C1. The number of rotatable bonds is 6. The van der Waals surface area contributed by atoms with E-state index in [1.165, 1.54) is 11.1 Å². The third-order valence-corrected chi connectivity index (χ3v) is 8.88. The van der Waals surface area contributed by atoms with Gasteiger partial charge in [0.05, 0.1) is 4.90 Å². The van der Waals surface area contributed by atoms with E-state index in [0.29, 0.717) is 30.8 Å². The van der Waals surface area contributed by atoms with Gasteiger partial charge in [0.1, 0.15) is 0 Å². The molecule has 2 aromatic carbocycles. The average Bonchev–Trinajstić information content (AvgIpc) is 2.82. The molecule has 1 fully saturated rings. The number of benzene rings is 2. The van der Waals surface area contributed by atoms with Crippen molar-refractivity contribution >= 4 is 15.9 Å². The van der Waals surface area contributed by atoms with Gasteiger partial charge in [-0.15, -0.1) is 0 Å². The van der Waals surface area contributed by atoms with Crippen LogP contribution in [0.15, 0.2) is 53.4 Å². The predicted octanol–water partition coefficient (Wildman–Crippen LogP) is 4.19. The van der Waals surface area contributed by atoms with Gasteiger partial charge in [-0.1, -0.05) is 48.9 Å². The van der Waals surface area contributed by atoms with Crippen molar-refractivity contribution in [1.29, 1.82) is 0 Å². The second kappa shape index (κ2) is 9.75. The fourth-order valence-electron chi connectivity index (χ4n) is 5.10. The Kier molecular flexibility index (Phi) is 7.01. The number of sulfonamides is 1. The van der Waals surface area contributed by atoms with Gasteiger partial charge < -0.3 is 4.90 Å². The van der Waals surface area contributed by atoms with Gasteiger partial charge in [-0.25, -0.2) is 8.42 Å². The van der Waals surface area contributed by atoms with Crippen molar-refractivity contribution in [2.24, 2.45) is 5.92 Å². The molecule has 2 aliphatic rings. The van der Waals surface area contributed by atoms with Crippen LogP contribution in [0.3, 0.4) is 0 Å². The minimum absolute atomic E-state index is 0.0943. The van der Waals surface area contributed by atoms with Crippen molar-refractivity contribution in [2.45, 2.75) is 63.3 Å². The molecule has 0 saturated carbocycles. The minimum Gasteiger partial charge on any atom is -0.339 e. The molecule has 1 aliphatic carbocycles. The van der Waals surface area contributed by atoms with Crippen molar-refractivity contribution in [2.75, 3.05) is 19.6 Å². The van der Waals surface area contributed by atoms with E-state index < -0.39 is 10.0 Å². The number of piperidine rings is 1. The fraction of sp³-hybridized carbons (Fsp3) is 0.500. The Morgan fingerprint density at radius 3 is 2.31 bits per heavy atom. The van der Waals surface area contributed by atoms with Gasteiger partial charge >= 0.3 is 0 Å². The molecular weight excluding hydrogens is 420 g/mol. The highest BCUT2D eigenvalue weighted by Gasteiger charge is 2.36. The zero-order valence-corrected chi connectivity index (χ0v) is 20.0. The number of hydrogen-bond acceptors (Lipinski definition) is 3. The molecule has 172 valence electrons. The smallest absolute Gasteiger partial charge is 0.243 e. The monoisotopic (exact) mass is 454 g/mol. The van der Waals surface area contributed by atoms with Gasteiger partial charge in [0.25, 0.3) is 0 Å². The molecule has 0 radical (unpaired) electrons. The first-order valence-electron chi connectivity index (χ1n) is 11.8. The first-order chi connectivity index (χ1) is 15.4. The number of fused-ring (bicyclic) bond motifs is 1. The van der Waals surface area contributed by atoms with Gasteiger partial charge in [-0.3, -0.25) is 4.79 Å². The molecule has 32 heavy (non-hydrogen) atoms. The van der Waals surface area contributed by atoms with Crippen molar-refractivity contribution in [3.05, 3.63) is 65.2 Å². The van der Waals surface area contributed by atoms with Crippen molar-refractivity contribution < 1.29 is 13.2 Å². The summed E-state index contributed by atoms with van der Waals surface area (Å²) in [6, 6.07) is 15.8. The van der Waals surface area contributed by atoms with Crippen molar-refractivity contribution in [3.63, 3.8) is 0 Å². The van der Waals surface area contributed by atoms with Gasteiger partial charge in [0.2, 0.25) is 15.9 Å². The third-order valence-electron chi connectivity index (χ3n) is 6.97. The van der Waals surface area contributed by atoms with E-state index in [4.69, 9.17) is 0 Å². The second-order valence-corrected chi connectivity index (χ2v) is 11.1. The zero-order valence-electron chi connectivity index (χ0n) is 19.2. The summed E-state index contributed by atoms with van der Waals surface area (Å²) in [5.41, 5.74) is 3.80. The highest BCUT2D eigenvalue weighted by Crippen LogP contribution is 2.29. The molecule has 0 N–H and O–H groups in total. The molecule has 1 heterocycles. The summed E-state index contributed by atoms with van der Waals surface area (Å²) in [7, 11) is -3.50. The molecule has 0 spiro atoms. The molecule has 1 aliphatic heterocycles. The Labute approximate surface area is 192 Å². The molecule has 0 aromatic heterocycles. The highest BCUT2D eigenvalue weighted by atomic mass is 32.2. The quantitative estimate of drug-likeness (QED) is 0.658. The zero-order chi connectivity index (χ0) is 22.7. The first-order valence-corrected chi connectivity index (χ1v) is 13.3. The summed E-state index contributed by atoms with van der Waals surface area (Å²) >= 11 is 0. The van der Waals surface area contributed by atoms with E-state index in [-0.39, 0.29) is 17.9 Å². The summed E-state index contributed by atoms with van der Waals surface area (Å²) < 4.78 is 27.6. The third kappa shape index (κ3) is 4.76. The number of amides is 1. The van der Waals surface area contributed by atoms with E-state index in [1.807, 2.05) is 19.1 Å². The maximum atomic E-state index is 13.5. The maximum Gasteiger partial charge on any atom is 0.243 e. The van der Waals surface area contributed by atoms with E-state index in [9.17, 15) is 13.2 Å². The second-order valence-electron chi connectivity index (χ2n) is 9.19. The number of aryl methyl sites for hydroxylation is 2. The van der Waals surface area contributed by atoms with Gasteiger partial charge in [-0.2, -0.15) is 4.31 Å². The molecular formula is C26H34N2O3S. The summed E-state index contributed by atoms with van der Waals surface area (Å²) in [5.74, 6) is 0.117. The fourth-order valence-corrected chi connectivity index (χ4v) is 6.56. The Balaban J connectivity index is 1.41. The lowest BCUT2D eigenvalue weighted by atomic mass is 9.86. The van der Waals surface area contributed by atoms with Gasteiger partial charge in [0, 0.05) is 31.6 Å². The molecule has 0 bridgehead atoms. The number of carbonyl (C=O) groups is 1. The standard InChI is InChI=1S/C26H34N2O3S/c1-3-16-28(24-11-10-21-6-4-5-7-23(21)19-24)26(29)22-14-17-27(18-15-22)32(30,31)25-12-8-20(2)9-13-25/h4-9,12-13,22,24H,3,10-11,14-19H2,1-2H3. The van der Waals surface area contributed by atoms with Crippen LogP contribution in [0.4, 0.5) is 0 Å². The van der Waals surface area contributed by atoms with Gasteiger partial charge in [-0.05, 0) is 68.7 Å². The summed E-state index contributed by atoms with van der Waals surface area (Å²) in [4.78, 5) is 16.0. The van der Waals surface area contributed by atoms with E-state index in [1.54, 1.807) is 16.4 Å². The van der Waals surface area contributed by atoms with Crippen LogP contribution in [0.1, 0.15) is 49.3 Å². The summed E-state index contributed by atoms with van der Waals surface area (Å²) in [6.07, 6.45) is 5.05. The van der Waals surface area contributed by atoms with E-state index in [2.05, 4.69) is 36.1 Å². The number of carbonyl (C=O) groups excluding carboxylic acids is 1. The Hall–Kier alpha value is -2.18. The van der Waals surface area contributed by atoms with Crippen molar-refractivity contribution in [1.82, 2.24) is 9.21 Å². The van der Waals surface area contributed by atoms with Crippen LogP contribution in [-0.4, -0.2) is 49.2 Å². The Bertz CT molecular complexity index is 1040. The Morgan fingerprint density at radius 1 is 1.00 bits per heavy atom. The number of nitrogens with zero attached hydrogens (tertiary/aromatic N) is 2. The van der Waals surface area contributed by atoms with Crippen LogP contribution in [0.25, 0.3) is 0 Å². The summed E-state index contributed by atoms with van der Waals surface area (Å²) in [5, 5.41) is 0. The number of hydrogen-bond donors (Lipinski definition) is 0. The van der Waals surface area contributed by atoms with E-state index >= 15 is 0 Å². The highest BCUT2D eigenvalue weighted by molar-refractivity contribution is 7.89. The molecule has 6 heteroatoms. The lowest BCUT2D eigenvalue weighted by Gasteiger charge is -2.39. The molecule has 2 aromatic rings. The lowest BCUT2D eigenvalue weighted by molar-refractivity contribution is -0.139. The largest absolute Gasteiger partial charge is 0.339 e. The molecule has 5 nitrogen and oxygen atoms in total. The normalized spacial score (nSPS) is 20.0. The average molecular weight is 455 g/mol. The molecule has 4 rings (SSSR count). The van der Waals surface area contributed by atoms with Crippen LogP contribution in [-0.2, 0) is 27.7 Å². The summed E-state index contributed by atoms with van der Waals surface area (Å²) in [6.45, 7) is 5.64. The van der Waals surface area contributed by atoms with E-state index in [0.717, 1.165) is 37.8 Å². The van der Waals surface area contributed by atoms with Crippen molar-refractivity contribution in [3.8, 4) is 0 Å². The predicted molar refractivity (Wildman–Crippen MR) is 127 cm³/mol. The Morgan fingerprint density at radius 2 is 1.66 bits per heavy atom. The van der Waals surface area contributed by atoms with Crippen LogP contribution in [0.2, 0.25) is 0 Å². The van der Waals surface area contributed by atoms with Gasteiger partial charge in [0.15, 0.2) is 0 Å². The first kappa shape index (κ1) is 23.0. The topological polar surface area (TPSA) is 57.7 Å². The molecule has 1 amide bonds.